The number of halogens is 1. The van der Waals surface area contributed by atoms with Crippen molar-refractivity contribution >= 4 is 39.0 Å². The van der Waals surface area contributed by atoms with Crippen LogP contribution in [0.15, 0.2) is 12.1 Å². The minimum atomic E-state index is -1.31. The van der Waals surface area contributed by atoms with E-state index in [0.717, 1.165) is 36.2 Å². The van der Waals surface area contributed by atoms with Gasteiger partial charge in [0, 0.05) is 46.3 Å². The number of nitrogens with zero attached hydrogens (tertiary/aromatic N) is 4. The average molecular weight is 602 g/mol. The van der Waals surface area contributed by atoms with Gasteiger partial charge in [-0.2, -0.15) is 5.10 Å². The van der Waals surface area contributed by atoms with Crippen molar-refractivity contribution in [3.63, 3.8) is 0 Å². The Bertz CT molecular complexity index is 1460. The Hall–Kier alpha value is -2.55. The summed E-state index contributed by atoms with van der Waals surface area (Å²) < 4.78 is 31.5. The van der Waals surface area contributed by atoms with Gasteiger partial charge in [0.25, 0.3) is 0 Å². The normalized spacial score (nSPS) is 20.2. The fraction of sp³-hybridized carbons (Fsp3) is 0.621. The molecule has 2 heterocycles. The van der Waals surface area contributed by atoms with Crippen molar-refractivity contribution in [1.29, 1.82) is 0 Å². The Labute approximate surface area is 243 Å². The molecule has 0 unspecified atom stereocenters. The molecule has 224 valence electrons. The van der Waals surface area contributed by atoms with Crippen molar-refractivity contribution in [2.45, 2.75) is 91.0 Å². The number of nitrogens with one attached hydrogen (secondary N) is 1. The zero-order valence-electron chi connectivity index (χ0n) is 25.4. The third-order valence-electron chi connectivity index (χ3n) is 8.41. The van der Waals surface area contributed by atoms with E-state index in [2.05, 4.69) is 51.5 Å². The number of imidazole rings is 1. The van der Waals surface area contributed by atoms with Gasteiger partial charge in [-0.1, -0.05) is 46.2 Å². The van der Waals surface area contributed by atoms with Crippen LogP contribution in [-0.2, 0) is 35.8 Å². The number of fused-ring (bicyclic) bond motifs is 3. The first-order valence-electron chi connectivity index (χ1n) is 14.6. The first-order chi connectivity index (χ1) is 19.1. The van der Waals surface area contributed by atoms with Crippen LogP contribution in [-0.4, -0.2) is 59.9 Å². The van der Waals surface area contributed by atoms with E-state index in [1.54, 1.807) is 10.6 Å². The van der Waals surface area contributed by atoms with Crippen LogP contribution in [0.1, 0.15) is 24.6 Å². The lowest BCUT2D eigenvalue weighted by Crippen LogP contribution is -2.23. The molecule has 2 atom stereocenters. The summed E-state index contributed by atoms with van der Waals surface area (Å²) in [6, 6.07) is 4.83. The van der Waals surface area contributed by atoms with Gasteiger partial charge in [0.05, 0.1) is 5.52 Å². The molecule has 2 aliphatic rings. The van der Waals surface area contributed by atoms with Crippen molar-refractivity contribution < 1.29 is 23.8 Å². The Morgan fingerprint density at radius 1 is 1.12 bits per heavy atom. The average Bonchev–Trinajstić information content (AvgIpc) is 3.18. The summed E-state index contributed by atoms with van der Waals surface area (Å²) in [4.78, 5) is 16.1. The van der Waals surface area contributed by atoms with Crippen molar-refractivity contribution in [2.24, 2.45) is 11.3 Å². The predicted molar refractivity (Wildman–Crippen MR) is 164 cm³/mol. The Morgan fingerprint density at radius 2 is 1.78 bits per heavy atom. The lowest BCUT2D eigenvalue weighted by Gasteiger charge is -2.20. The number of ether oxygens (including phenoxy) is 2. The number of carbonyl (C=O) groups is 1. The molecule has 2 aliphatic carbocycles. The molecule has 1 saturated carbocycles. The van der Waals surface area contributed by atoms with E-state index in [9.17, 15) is 9.90 Å². The van der Waals surface area contributed by atoms with E-state index in [-0.39, 0.29) is 17.9 Å². The van der Waals surface area contributed by atoms with Gasteiger partial charge in [-0.15, -0.1) is 0 Å². The smallest absolute Gasteiger partial charge is 0.409 e. The van der Waals surface area contributed by atoms with Crippen molar-refractivity contribution in [3.05, 3.63) is 29.2 Å². The highest BCUT2D eigenvalue weighted by Crippen LogP contribution is 2.60. The molecule has 0 radical (unpaired) electrons. The van der Waals surface area contributed by atoms with Gasteiger partial charge >= 0.3 is 6.09 Å². The number of anilines is 1. The number of rotatable bonds is 12. The number of aromatic nitrogens is 4. The van der Waals surface area contributed by atoms with Crippen molar-refractivity contribution in [3.8, 4) is 11.5 Å². The largest absolute Gasteiger partial charge is 0.465 e. The number of benzene rings is 1. The van der Waals surface area contributed by atoms with Crippen LogP contribution in [0.3, 0.4) is 0 Å². The SMILES string of the molecule is C[C@@]12Cc3c(c(-c4nc5cc(NC(=O)O)cc(F)c5n4COCC[Si](C)(C)C)nn3COCC[Si](C)(C)C)C[C@@H]1C2. The van der Waals surface area contributed by atoms with Gasteiger partial charge in [0.2, 0.25) is 0 Å². The lowest BCUT2D eigenvalue weighted by molar-refractivity contribution is 0.0756. The van der Waals surface area contributed by atoms with Crippen molar-refractivity contribution in [1.82, 2.24) is 19.3 Å². The van der Waals surface area contributed by atoms with Crippen LogP contribution in [0.4, 0.5) is 14.9 Å². The molecule has 1 amide bonds. The van der Waals surface area contributed by atoms with E-state index in [4.69, 9.17) is 19.6 Å². The third kappa shape index (κ3) is 6.76. The predicted octanol–water partition coefficient (Wildman–Crippen LogP) is 6.88. The Kier molecular flexibility index (Phi) is 7.99. The molecule has 2 aromatic heterocycles. The standard InChI is InChI=1S/C29H44FN5O4Si2/c1-29-15-19(29)12-21-24(16-29)35(18-39-9-11-41(5,6)7)33-25(21)27-32-23-14-20(31-28(36)37)13-22(30)26(23)34(27)17-38-8-10-40(2,3)4/h13-14,19,31H,8-12,15-18H2,1-7H3,(H,36,37)/t19-,29-/m1/s1. The first-order valence-corrected chi connectivity index (χ1v) is 22.0. The number of amides is 1. The van der Waals surface area contributed by atoms with E-state index >= 15 is 4.39 Å². The van der Waals surface area contributed by atoms with Crippen LogP contribution in [0.5, 0.6) is 0 Å². The Morgan fingerprint density at radius 3 is 2.41 bits per heavy atom. The number of hydrogen-bond donors (Lipinski definition) is 2. The third-order valence-corrected chi connectivity index (χ3v) is 11.8. The van der Waals surface area contributed by atoms with Gasteiger partial charge in [0.1, 0.15) is 24.7 Å². The number of hydrogen-bond acceptors (Lipinski definition) is 5. The second-order valence-electron chi connectivity index (χ2n) is 14.5. The molecule has 1 fully saturated rings. The molecular weight excluding hydrogens is 558 g/mol. The molecule has 0 aliphatic heterocycles. The summed E-state index contributed by atoms with van der Waals surface area (Å²) in [5, 5.41) is 16.5. The topological polar surface area (TPSA) is 103 Å². The second-order valence-corrected chi connectivity index (χ2v) is 25.8. The molecule has 9 nitrogen and oxygen atoms in total. The summed E-state index contributed by atoms with van der Waals surface area (Å²) in [6.45, 7) is 18.0. The summed E-state index contributed by atoms with van der Waals surface area (Å²) in [7, 11) is -2.53. The van der Waals surface area contributed by atoms with Gasteiger partial charge in [-0.05, 0) is 54.8 Å². The van der Waals surface area contributed by atoms with Crippen LogP contribution < -0.4 is 5.32 Å². The molecule has 5 rings (SSSR count). The van der Waals surface area contributed by atoms with Crippen LogP contribution in [0.2, 0.25) is 51.4 Å². The minimum absolute atomic E-state index is 0.133. The molecule has 12 heteroatoms. The number of carboxylic acid groups (broad SMARTS) is 1. The monoisotopic (exact) mass is 601 g/mol. The molecule has 41 heavy (non-hydrogen) atoms. The highest BCUT2D eigenvalue weighted by atomic mass is 28.3. The zero-order chi connectivity index (χ0) is 29.7. The van der Waals surface area contributed by atoms with E-state index in [1.165, 1.54) is 18.2 Å². The fourth-order valence-electron chi connectivity index (χ4n) is 5.68. The van der Waals surface area contributed by atoms with E-state index in [0.29, 0.717) is 42.6 Å². The maximum Gasteiger partial charge on any atom is 0.409 e. The van der Waals surface area contributed by atoms with E-state index < -0.39 is 28.1 Å². The first kappa shape index (κ1) is 29.9. The van der Waals surface area contributed by atoms with Crippen LogP contribution in [0, 0.1) is 17.2 Å². The minimum Gasteiger partial charge on any atom is -0.465 e. The van der Waals surface area contributed by atoms with Gasteiger partial charge in [-0.25, -0.2) is 18.9 Å². The maximum atomic E-state index is 15.6. The molecule has 0 spiro atoms. The highest BCUT2D eigenvalue weighted by molar-refractivity contribution is 6.76. The van der Waals surface area contributed by atoms with Gasteiger partial charge in [0.15, 0.2) is 11.6 Å². The molecular formula is C29H44FN5O4Si2. The summed E-state index contributed by atoms with van der Waals surface area (Å²) >= 11 is 0. The summed E-state index contributed by atoms with van der Waals surface area (Å²) in [5.41, 5.74) is 4.14. The molecule has 0 saturated heterocycles. The molecule has 2 N–H and O–H groups in total. The quantitative estimate of drug-likeness (QED) is 0.173. The molecule has 0 bridgehead atoms. The maximum absolute atomic E-state index is 15.6. The summed E-state index contributed by atoms with van der Waals surface area (Å²) in [5.74, 6) is 0.588. The second kappa shape index (κ2) is 10.9. The Balaban J connectivity index is 1.54. The van der Waals surface area contributed by atoms with Crippen LogP contribution in [0.25, 0.3) is 22.6 Å². The molecule has 3 aromatic rings. The van der Waals surface area contributed by atoms with Gasteiger partial charge in [-0.3, -0.25) is 9.88 Å². The van der Waals surface area contributed by atoms with Crippen LogP contribution >= 0.6 is 0 Å². The van der Waals surface area contributed by atoms with Gasteiger partial charge < -0.3 is 14.6 Å². The zero-order valence-corrected chi connectivity index (χ0v) is 27.4. The van der Waals surface area contributed by atoms with Crippen molar-refractivity contribution in [2.75, 3.05) is 18.5 Å². The molecule has 1 aromatic carbocycles. The highest BCUT2D eigenvalue weighted by Gasteiger charge is 2.54. The fourth-order valence-corrected chi connectivity index (χ4v) is 7.20. The lowest BCUT2D eigenvalue weighted by atomic mass is 9.87. The van der Waals surface area contributed by atoms with E-state index in [1.807, 2.05) is 4.68 Å². The summed E-state index contributed by atoms with van der Waals surface area (Å²) in [6.07, 6.45) is 1.77.